The third-order valence-corrected chi connectivity index (χ3v) is 3.20. The molecule has 0 atom stereocenters. The molecule has 0 unspecified atom stereocenters. The molecule has 0 aliphatic rings. The van der Waals surface area contributed by atoms with Crippen LogP contribution < -0.4 is 5.48 Å². The van der Waals surface area contributed by atoms with Crippen molar-refractivity contribution in [3.8, 4) is 0 Å². The van der Waals surface area contributed by atoms with E-state index < -0.39 is 11.6 Å². The van der Waals surface area contributed by atoms with Crippen LogP contribution in [-0.4, -0.2) is 26.0 Å². The number of rotatable bonds is 2. The van der Waals surface area contributed by atoms with E-state index >= 15 is 0 Å². The number of hydrogen-bond donors (Lipinski definition) is 3. The molecule has 3 aromatic rings. The van der Waals surface area contributed by atoms with E-state index in [1.54, 1.807) is 6.07 Å². The van der Waals surface area contributed by atoms with Gasteiger partial charge < -0.3 is 4.98 Å². The number of H-pyrrole nitrogens is 1. The van der Waals surface area contributed by atoms with Crippen LogP contribution in [0.4, 0.5) is 14.5 Å². The molecule has 0 saturated carbocycles. The van der Waals surface area contributed by atoms with Gasteiger partial charge in [0.05, 0.1) is 16.9 Å². The van der Waals surface area contributed by atoms with Crippen LogP contribution in [0.1, 0.15) is 5.56 Å². The first-order valence-corrected chi connectivity index (χ1v) is 6.39. The van der Waals surface area contributed by atoms with E-state index in [-0.39, 0.29) is 16.5 Å². The Balaban J connectivity index is 2.15. The normalized spacial score (nSPS) is 11.9. The number of hydrogen-bond acceptors (Lipinski definition) is 4. The molecule has 0 aliphatic heterocycles. The van der Waals surface area contributed by atoms with Crippen LogP contribution in [0.15, 0.2) is 35.7 Å². The zero-order chi connectivity index (χ0) is 15.7. The molecule has 2 heterocycles. The first-order valence-electron chi connectivity index (χ1n) is 6.02. The lowest BCUT2D eigenvalue weighted by Gasteiger charge is -2.07. The predicted molar refractivity (Wildman–Crippen MR) is 76.4 cm³/mol. The van der Waals surface area contributed by atoms with Crippen LogP contribution in [-0.2, 0) is 0 Å². The van der Waals surface area contributed by atoms with E-state index in [4.69, 9.17) is 11.6 Å². The zero-order valence-electron chi connectivity index (χ0n) is 10.8. The summed E-state index contributed by atoms with van der Waals surface area (Å²) in [5.74, 6) is -1.88. The standard InChI is InChI=1S/C13H8ClF2N5O/c14-7-3-10(9(16)4-8(7)15)20-12(21-22)6-1-2-17-13-11(6)18-5-19-13/h1-5,22H,(H,20,21)(H,17,18,19). The van der Waals surface area contributed by atoms with Gasteiger partial charge in [-0.1, -0.05) is 11.6 Å². The summed E-state index contributed by atoms with van der Waals surface area (Å²) in [5.41, 5.74) is 2.96. The Kier molecular flexibility index (Phi) is 3.70. The van der Waals surface area contributed by atoms with Gasteiger partial charge in [0, 0.05) is 17.8 Å². The number of nitrogens with one attached hydrogen (secondary N) is 2. The number of halogens is 3. The Morgan fingerprint density at radius 2 is 2.09 bits per heavy atom. The predicted octanol–water partition coefficient (Wildman–Crippen LogP) is 2.95. The van der Waals surface area contributed by atoms with Gasteiger partial charge in [0.15, 0.2) is 17.3 Å². The first-order chi connectivity index (χ1) is 10.6. The largest absolute Gasteiger partial charge is 0.343 e. The SMILES string of the molecule is ONC(=Nc1cc(Cl)c(F)cc1F)c1ccnc2nc[nH]c12. The minimum Gasteiger partial charge on any atom is -0.343 e. The Bertz CT molecular complexity index is 880. The van der Waals surface area contributed by atoms with Crippen LogP contribution in [0.25, 0.3) is 11.2 Å². The first kappa shape index (κ1) is 14.4. The van der Waals surface area contributed by atoms with E-state index in [2.05, 4.69) is 19.9 Å². The molecule has 0 fully saturated rings. The Morgan fingerprint density at radius 1 is 1.27 bits per heavy atom. The number of amidine groups is 1. The number of aliphatic imine (C=N–C) groups is 1. The Hall–Kier alpha value is -2.58. The van der Waals surface area contributed by atoms with Gasteiger partial charge in [-0.05, 0) is 12.1 Å². The third kappa shape index (κ3) is 2.49. The zero-order valence-corrected chi connectivity index (χ0v) is 11.6. The van der Waals surface area contributed by atoms with Gasteiger partial charge in [0.2, 0.25) is 0 Å². The second-order valence-electron chi connectivity index (χ2n) is 4.25. The smallest absolute Gasteiger partial charge is 0.178 e. The lowest BCUT2D eigenvalue weighted by Crippen LogP contribution is -2.20. The van der Waals surface area contributed by atoms with Crippen LogP contribution >= 0.6 is 11.6 Å². The lowest BCUT2D eigenvalue weighted by molar-refractivity contribution is 0.235. The molecule has 112 valence electrons. The van der Waals surface area contributed by atoms with Crippen LogP contribution in [0.2, 0.25) is 5.02 Å². The van der Waals surface area contributed by atoms with Crippen molar-refractivity contribution in [2.45, 2.75) is 0 Å². The van der Waals surface area contributed by atoms with Crippen molar-refractivity contribution in [3.05, 3.63) is 52.9 Å². The van der Waals surface area contributed by atoms with Crippen LogP contribution in [0.5, 0.6) is 0 Å². The van der Waals surface area contributed by atoms with Gasteiger partial charge in [-0.15, -0.1) is 0 Å². The average molecular weight is 324 g/mol. The second-order valence-corrected chi connectivity index (χ2v) is 4.66. The highest BCUT2D eigenvalue weighted by Crippen LogP contribution is 2.26. The monoisotopic (exact) mass is 323 g/mol. The summed E-state index contributed by atoms with van der Waals surface area (Å²) in [5, 5.41) is 9.01. The number of hydroxylamine groups is 1. The summed E-state index contributed by atoms with van der Waals surface area (Å²) in [7, 11) is 0. The molecule has 0 spiro atoms. The van der Waals surface area contributed by atoms with Gasteiger partial charge in [-0.2, -0.15) is 0 Å². The van der Waals surface area contributed by atoms with Gasteiger partial charge in [0.25, 0.3) is 0 Å². The number of imidazole rings is 1. The Morgan fingerprint density at radius 3 is 2.86 bits per heavy atom. The molecule has 0 saturated heterocycles. The fourth-order valence-electron chi connectivity index (χ4n) is 1.91. The fraction of sp³-hybridized carbons (Fsp3) is 0. The maximum absolute atomic E-state index is 13.7. The summed E-state index contributed by atoms with van der Waals surface area (Å²) in [6, 6.07) is 3.19. The molecule has 3 rings (SSSR count). The summed E-state index contributed by atoms with van der Waals surface area (Å²) < 4.78 is 26.9. The quantitative estimate of drug-likeness (QED) is 0.293. The minimum atomic E-state index is -0.912. The van der Waals surface area contributed by atoms with Crippen molar-refractivity contribution >= 4 is 34.3 Å². The van der Waals surface area contributed by atoms with E-state index in [0.717, 1.165) is 6.07 Å². The minimum absolute atomic E-state index is 0.0711. The molecule has 2 aromatic heterocycles. The van der Waals surface area contributed by atoms with Gasteiger partial charge >= 0.3 is 0 Å². The van der Waals surface area contributed by atoms with E-state index in [1.165, 1.54) is 12.5 Å². The van der Waals surface area contributed by atoms with Gasteiger partial charge in [-0.25, -0.2) is 23.7 Å². The second kappa shape index (κ2) is 5.66. The fourth-order valence-corrected chi connectivity index (χ4v) is 2.07. The van der Waals surface area contributed by atoms with Crippen molar-refractivity contribution in [3.63, 3.8) is 0 Å². The number of benzene rings is 1. The maximum atomic E-state index is 13.7. The highest BCUT2D eigenvalue weighted by molar-refractivity contribution is 6.31. The molecule has 3 N–H and O–H groups in total. The number of aromatic amines is 1. The van der Waals surface area contributed by atoms with Crippen LogP contribution in [0.3, 0.4) is 0 Å². The molecule has 0 amide bonds. The van der Waals surface area contributed by atoms with Crippen molar-refractivity contribution in [2.24, 2.45) is 4.99 Å². The molecule has 6 nitrogen and oxygen atoms in total. The van der Waals surface area contributed by atoms with Crippen molar-refractivity contribution < 1.29 is 14.0 Å². The summed E-state index contributed by atoms with van der Waals surface area (Å²) in [6.07, 6.45) is 2.88. The number of aromatic nitrogens is 3. The number of nitrogens with zero attached hydrogens (tertiary/aromatic N) is 3. The van der Waals surface area contributed by atoms with E-state index in [1.807, 2.05) is 5.48 Å². The molecule has 9 heteroatoms. The Labute approximate surface area is 127 Å². The van der Waals surface area contributed by atoms with Gasteiger partial charge in [-0.3, -0.25) is 10.7 Å². The number of fused-ring (bicyclic) bond motifs is 1. The molecule has 0 bridgehead atoms. The van der Waals surface area contributed by atoms with Crippen molar-refractivity contribution in [2.75, 3.05) is 0 Å². The molecule has 0 aliphatic carbocycles. The molecule has 0 radical (unpaired) electrons. The molecular formula is C13H8ClF2N5O. The van der Waals surface area contributed by atoms with E-state index in [9.17, 15) is 14.0 Å². The summed E-state index contributed by atoms with van der Waals surface area (Å²) >= 11 is 5.62. The average Bonchev–Trinajstić information content (AvgIpc) is 2.98. The van der Waals surface area contributed by atoms with Crippen molar-refractivity contribution in [1.29, 1.82) is 0 Å². The number of pyridine rings is 1. The van der Waals surface area contributed by atoms with E-state index in [0.29, 0.717) is 22.8 Å². The highest BCUT2D eigenvalue weighted by Gasteiger charge is 2.13. The lowest BCUT2D eigenvalue weighted by atomic mass is 10.2. The van der Waals surface area contributed by atoms with Crippen molar-refractivity contribution in [1.82, 2.24) is 20.4 Å². The summed E-state index contributed by atoms with van der Waals surface area (Å²) in [4.78, 5) is 14.8. The van der Waals surface area contributed by atoms with Gasteiger partial charge in [0.1, 0.15) is 11.5 Å². The van der Waals surface area contributed by atoms with Crippen LogP contribution in [0, 0.1) is 11.6 Å². The topological polar surface area (TPSA) is 86.2 Å². The maximum Gasteiger partial charge on any atom is 0.178 e. The third-order valence-electron chi connectivity index (χ3n) is 2.91. The highest BCUT2D eigenvalue weighted by atomic mass is 35.5. The molecule has 22 heavy (non-hydrogen) atoms. The summed E-state index contributed by atoms with van der Waals surface area (Å²) in [6.45, 7) is 0. The molecule has 1 aromatic carbocycles. The molecular weight excluding hydrogens is 316 g/mol.